The minimum absolute atomic E-state index is 0.0180. The zero-order valence-electron chi connectivity index (χ0n) is 19.5. The van der Waals surface area contributed by atoms with Gasteiger partial charge in [-0.25, -0.2) is 5.01 Å². The Labute approximate surface area is 196 Å². The van der Waals surface area contributed by atoms with E-state index in [1.165, 1.54) is 5.56 Å². The van der Waals surface area contributed by atoms with Crippen molar-refractivity contribution in [3.8, 4) is 0 Å². The number of benzene rings is 2. The molecule has 2 unspecified atom stereocenters. The van der Waals surface area contributed by atoms with Crippen molar-refractivity contribution in [3.05, 3.63) is 64.7 Å². The summed E-state index contributed by atoms with van der Waals surface area (Å²) < 4.78 is 5.14. The highest BCUT2D eigenvalue weighted by molar-refractivity contribution is 6.30. The van der Waals surface area contributed by atoms with Crippen LogP contribution in [0.25, 0.3) is 0 Å². The van der Waals surface area contributed by atoms with Gasteiger partial charge in [0.25, 0.3) is 0 Å². The highest BCUT2D eigenvalue weighted by Gasteiger charge is 2.53. The first-order chi connectivity index (χ1) is 15.4. The van der Waals surface area contributed by atoms with Gasteiger partial charge in [-0.1, -0.05) is 61.2 Å². The van der Waals surface area contributed by atoms with Crippen LogP contribution in [0.4, 0.5) is 5.69 Å². The van der Waals surface area contributed by atoms with Crippen LogP contribution in [0.1, 0.15) is 50.7 Å². The van der Waals surface area contributed by atoms with Crippen molar-refractivity contribution >= 4 is 28.9 Å². The van der Waals surface area contributed by atoms with Gasteiger partial charge in [0.05, 0.1) is 11.4 Å². The molecule has 1 aliphatic heterocycles. The molecule has 1 amide bonds. The fraction of sp³-hybridized carbons (Fsp3) is 0.462. The van der Waals surface area contributed by atoms with Gasteiger partial charge in [0.15, 0.2) is 0 Å². The molecule has 3 rings (SSSR count). The maximum Gasteiger partial charge on any atom is 0.248 e. The van der Waals surface area contributed by atoms with Gasteiger partial charge in [-0.15, -0.1) is 0 Å². The molecule has 2 aromatic rings. The number of carbonyl (C=O) groups excluding carboxylic acids is 1. The van der Waals surface area contributed by atoms with Crippen LogP contribution >= 0.6 is 11.6 Å². The van der Waals surface area contributed by atoms with E-state index < -0.39 is 5.54 Å². The van der Waals surface area contributed by atoms with Crippen LogP contribution in [0.2, 0.25) is 5.02 Å². The number of nitrogens with one attached hydrogen (secondary N) is 1. The number of unbranched alkanes of at least 4 members (excludes halogenated alkanes) is 1. The Balaban J connectivity index is 2.04. The molecule has 32 heavy (non-hydrogen) atoms. The molecule has 2 aromatic carbocycles. The largest absolute Gasteiger partial charge is 0.385 e. The third kappa shape index (κ3) is 5.16. The Morgan fingerprint density at radius 2 is 1.84 bits per heavy atom. The summed E-state index contributed by atoms with van der Waals surface area (Å²) in [5, 5.41) is 10.8. The first-order valence-corrected chi connectivity index (χ1v) is 11.8. The lowest BCUT2D eigenvalue weighted by Gasteiger charge is -2.37. The average molecular weight is 456 g/mol. The lowest BCUT2D eigenvalue weighted by Crippen LogP contribution is -2.58. The topological polar surface area (TPSA) is 53.9 Å². The standard InChI is InChI=1S/C26H34ClN3O2/c1-5-6-8-23-24(20-11-9-19(2)10-12-20)29-30(22-15-13-21(27)14-16-22)26(23,3)25(31)28-17-7-18-32-4/h9-16,23H,5-8,17-18H2,1-4H3,(H,28,31). The van der Waals surface area contributed by atoms with Gasteiger partial charge < -0.3 is 10.1 Å². The number of amides is 1. The van der Waals surface area contributed by atoms with E-state index in [0.29, 0.717) is 18.2 Å². The van der Waals surface area contributed by atoms with Crippen LogP contribution in [-0.4, -0.2) is 37.4 Å². The van der Waals surface area contributed by atoms with Gasteiger partial charge in [-0.3, -0.25) is 4.79 Å². The van der Waals surface area contributed by atoms with Gasteiger partial charge in [0.2, 0.25) is 5.91 Å². The van der Waals surface area contributed by atoms with Crippen LogP contribution in [0.5, 0.6) is 0 Å². The van der Waals surface area contributed by atoms with Gasteiger partial charge in [0.1, 0.15) is 5.54 Å². The highest BCUT2D eigenvalue weighted by atomic mass is 35.5. The lowest BCUT2D eigenvalue weighted by atomic mass is 9.77. The van der Waals surface area contributed by atoms with Gasteiger partial charge in [0, 0.05) is 31.2 Å². The Morgan fingerprint density at radius 3 is 2.47 bits per heavy atom. The second-order valence-electron chi connectivity index (χ2n) is 8.58. The molecule has 0 saturated heterocycles. The van der Waals surface area contributed by atoms with Crippen molar-refractivity contribution in [2.24, 2.45) is 11.0 Å². The smallest absolute Gasteiger partial charge is 0.248 e. The predicted octanol–water partition coefficient (Wildman–Crippen LogP) is 5.59. The summed E-state index contributed by atoms with van der Waals surface area (Å²) in [6, 6.07) is 15.9. The van der Waals surface area contributed by atoms with Gasteiger partial charge >= 0.3 is 0 Å². The van der Waals surface area contributed by atoms with Crippen LogP contribution in [0.3, 0.4) is 0 Å². The number of carbonyl (C=O) groups is 1. The Morgan fingerprint density at radius 1 is 1.16 bits per heavy atom. The third-order valence-electron chi connectivity index (χ3n) is 6.19. The summed E-state index contributed by atoms with van der Waals surface area (Å²) in [6.07, 6.45) is 3.74. The number of halogens is 1. The molecule has 0 radical (unpaired) electrons. The van der Waals surface area contributed by atoms with E-state index in [2.05, 4.69) is 43.4 Å². The SMILES string of the molecule is CCCCC1C(c2ccc(C)cc2)=NN(c2ccc(Cl)cc2)C1(C)C(=O)NCCCOC. The number of ether oxygens (including phenoxy) is 1. The Kier molecular flexibility index (Phi) is 8.32. The molecule has 0 fully saturated rings. The van der Waals surface area contributed by atoms with E-state index >= 15 is 0 Å². The summed E-state index contributed by atoms with van der Waals surface area (Å²) in [5.74, 6) is -0.0567. The molecule has 0 spiro atoms. The molecule has 0 aromatic heterocycles. The summed E-state index contributed by atoms with van der Waals surface area (Å²) in [4.78, 5) is 13.7. The number of aryl methyl sites for hydroxylation is 1. The number of hydrazone groups is 1. The molecule has 0 saturated carbocycles. The lowest BCUT2D eigenvalue weighted by molar-refractivity contribution is -0.126. The third-order valence-corrected chi connectivity index (χ3v) is 6.44. The molecule has 1 N–H and O–H groups in total. The predicted molar refractivity (Wildman–Crippen MR) is 133 cm³/mol. The quantitative estimate of drug-likeness (QED) is 0.475. The zero-order valence-corrected chi connectivity index (χ0v) is 20.3. The van der Waals surface area contributed by atoms with Gasteiger partial charge in [-0.05, 0) is 56.5 Å². The average Bonchev–Trinajstić information content (AvgIpc) is 3.09. The molecular formula is C26H34ClN3O2. The summed E-state index contributed by atoms with van der Waals surface area (Å²) >= 11 is 6.14. The van der Waals surface area contributed by atoms with E-state index in [1.54, 1.807) is 7.11 Å². The summed E-state index contributed by atoms with van der Waals surface area (Å²) in [7, 11) is 1.67. The first-order valence-electron chi connectivity index (χ1n) is 11.4. The highest BCUT2D eigenvalue weighted by Crippen LogP contribution is 2.42. The zero-order chi connectivity index (χ0) is 23.1. The van der Waals surface area contributed by atoms with Gasteiger partial charge in [-0.2, -0.15) is 5.10 Å². The van der Waals surface area contributed by atoms with E-state index in [9.17, 15) is 4.79 Å². The molecule has 5 nitrogen and oxygen atoms in total. The van der Waals surface area contributed by atoms with Crippen LogP contribution in [0, 0.1) is 12.8 Å². The van der Waals surface area contributed by atoms with Crippen molar-refractivity contribution < 1.29 is 9.53 Å². The molecule has 6 heteroatoms. The second kappa shape index (κ2) is 11.0. The molecular weight excluding hydrogens is 422 g/mol. The fourth-order valence-corrected chi connectivity index (χ4v) is 4.39. The van der Waals surface area contributed by atoms with Crippen molar-refractivity contribution in [2.75, 3.05) is 25.3 Å². The Bertz CT molecular complexity index is 927. The number of anilines is 1. The molecule has 0 bridgehead atoms. The van der Waals surface area contributed by atoms with E-state index in [1.807, 2.05) is 36.2 Å². The number of nitrogens with zero attached hydrogens (tertiary/aromatic N) is 2. The van der Waals surface area contributed by atoms with Crippen molar-refractivity contribution in [3.63, 3.8) is 0 Å². The van der Waals surface area contributed by atoms with E-state index in [-0.39, 0.29) is 11.8 Å². The van der Waals surface area contributed by atoms with Crippen LogP contribution < -0.4 is 10.3 Å². The monoisotopic (exact) mass is 455 g/mol. The van der Waals surface area contributed by atoms with Crippen molar-refractivity contribution in [1.29, 1.82) is 0 Å². The normalized spacial score (nSPS) is 20.3. The van der Waals surface area contributed by atoms with Crippen molar-refractivity contribution in [1.82, 2.24) is 5.32 Å². The second-order valence-corrected chi connectivity index (χ2v) is 9.02. The number of hydrogen-bond acceptors (Lipinski definition) is 4. The number of hydrogen-bond donors (Lipinski definition) is 1. The summed E-state index contributed by atoms with van der Waals surface area (Å²) in [5.41, 5.74) is 3.23. The maximum absolute atomic E-state index is 13.7. The summed E-state index contributed by atoms with van der Waals surface area (Å²) in [6.45, 7) is 7.45. The Hall–Kier alpha value is -2.37. The fourth-order valence-electron chi connectivity index (χ4n) is 4.26. The van der Waals surface area contributed by atoms with E-state index in [0.717, 1.165) is 42.6 Å². The van der Waals surface area contributed by atoms with E-state index in [4.69, 9.17) is 21.4 Å². The molecule has 172 valence electrons. The minimum atomic E-state index is -0.851. The molecule has 1 heterocycles. The number of rotatable bonds is 10. The first kappa shape index (κ1) is 24.3. The van der Waals surface area contributed by atoms with Crippen molar-refractivity contribution in [2.45, 2.75) is 52.0 Å². The van der Waals surface area contributed by atoms with Crippen LogP contribution in [-0.2, 0) is 9.53 Å². The minimum Gasteiger partial charge on any atom is -0.385 e. The maximum atomic E-state index is 13.7. The molecule has 2 atom stereocenters. The molecule has 0 aliphatic carbocycles. The molecule has 1 aliphatic rings. The number of methoxy groups -OCH3 is 1. The van der Waals surface area contributed by atoms with Crippen LogP contribution in [0.15, 0.2) is 53.6 Å².